The number of halogens is 1. The summed E-state index contributed by atoms with van der Waals surface area (Å²) in [4.78, 5) is 9.67. The van der Waals surface area contributed by atoms with Crippen LogP contribution in [0.5, 0.6) is 0 Å². The van der Waals surface area contributed by atoms with Crippen LogP contribution in [0.1, 0.15) is 31.7 Å². The maximum absolute atomic E-state index is 6.30. The second kappa shape index (κ2) is 11.9. The molecule has 0 radical (unpaired) electrons. The highest BCUT2D eigenvalue weighted by atomic mass is 35.5. The van der Waals surface area contributed by atoms with Gasteiger partial charge in [-0.25, -0.2) is 0 Å². The Hall–Kier alpha value is -2.90. The van der Waals surface area contributed by atoms with Crippen LogP contribution in [0.3, 0.4) is 0 Å². The van der Waals surface area contributed by atoms with Crippen molar-refractivity contribution in [3.05, 3.63) is 89.1 Å². The molecule has 6 nitrogen and oxygen atoms in total. The summed E-state index contributed by atoms with van der Waals surface area (Å²) in [5.74, 6) is 0. The number of hydrogen-bond donors (Lipinski definition) is 3. The number of rotatable bonds is 9. The Kier molecular flexibility index (Phi) is 8.34. The van der Waals surface area contributed by atoms with Crippen LogP contribution in [0.2, 0.25) is 5.02 Å². The van der Waals surface area contributed by atoms with Gasteiger partial charge >= 0.3 is 0 Å². The number of nitrogens with one attached hydrogen (secondary N) is 1. The third-order valence-electron chi connectivity index (χ3n) is 7.76. The minimum absolute atomic E-state index is 0.236. The predicted molar refractivity (Wildman–Crippen MR) is 160 cm³/mol. The second-order valence-electron chi connectivity index (χ2n) is 11.0. The Morgan fingerprint density at radius 3 is 2.63 bits per heavy atom. The standard InChI is InChI=1S/C31H39ClN6/c1-31(34)13-8-24(9-14-31)22-38(21-23-2-5-26(33)6-3-23)27-11-17-37(18-12-27)19-16-36-29-10-15-35-30-20-25(32)4-7-28(29)30/h2-10,13,15,20,27H,11-12,14,16-19,21-22,33-34H2,1H3,(H,35,36). The topological polar surface area (TPSA) is 83.4 Å². The van der Waals surface area contributed by atoms with Gasteiger partial charge in [0.1, 0.15) is 0 Å². The van der Waals surface area contributed by atoms with Crippen molar-refractivity contribution in [2.75, 3.05) is 43.8 Å². The van der Waals surface area contributed by atoms with Gasteiger partial charge in [0.2, 0.25) is 0 Å². The molecule has 3 aromatic rings. The smallest absolute Gasteiger partial charge is 0.0737 e. The van der Waals surface area contributed by atoms with E-state index in [1.165, 1.54) is 11.1 Å². The molecule has 0 saturated carbocycles. The van der Waals surface area contributed by atoms with Crippen LogP contribution in [0, 0.1) is 0 Å². The average molecular weight is 531 g/mol. The number of piperidine rings is 1. The Balaban J connectivity index is 1.17. The average Bonchev–Trinajstić information content (AvgIpc) is 2.91. The van der Waals surface area contributed by atoms with E-state index in [1.807, 2.05) is 42.6 Å². The van der Waals surface area contributed by atoms with Gasteiger partial charge < -0.3 is 21.7 Å². The Bertz CT molecular complexity index is 1290. The lowest BCUT2D eigenvalue weighted by molar-refractivity contribution is 0.113. The largest absolute Gasteiger partial charge is 0.399 e. The van der Waals surface area contributed by atoms with Gasteiger partial charge in [-0.05, 0) is 86.8 Å². The molecule has 2 heterocycles. The van der Waals surface area contributed by atoms with Crippen LogP contribution >= 0.6 is 11.6 Å². The summed E-state index contributed by atoms with van der Waals surface area (Å²) in [5, 5.41) is 5.43. The number of benzene rings is 2. The van der Waals surface area contributed by atoms with Crippen LogP contribution < -0.4 is 16.8 Å². The lowest BCUT2D eigenvalue weighted by Crippen LogP contribution is -2.46. The third kappa shape index (κ3) is 6.94. The highest BCUT2D eigenvalue weighted by Gasteiger charge is 2.26. The highest BCUT2D eigenvalue weighted by molar-refractivity contribution is 6.31. The zero-order chi connectivity index (χ0) is 26.5. The minimum atomic E-state index is -0.236. The minimum Gasteiger partial charge on any atom is -0.399 e. The number of likely N-dealkylation sites (tertiary alicyclic amines) is 1. The predicted octanol–water partition coefficient (Wildman–Crippen LogP) is 5.45. The molecule has 7 heteroatoms. The molecule has 1 fully saturated rings. The summed E-state index contributed by atoms with van der Waals surface area (Å²) in [6.45, 7) is 8.08. The number of nitrogen functional groups attached to an aromatic ring is 1. The van der Waals surface area contributed by atoms with E-state index in [2.05, 4.69) is 57.4 Å². The van der Waals surface area contributed by atoms with E-state index >= 15 is 0 Å². The van der Waals surface area contributed by atoms with Crippen molar-refractivity contribution >= 4 is 33.9 Å². The van der Waals surface area contributed by atoms with Gasteiger partial charge in [0.25, 0.3) is 0 Å². The summed E-state index contributed by atoms with van der Waals surface area (Å²) >= 11 is 6.14. The van der Waals surface area contributed by atoms with Crippen LogP contribution in [0.25, 0.3) is 10.9 Å². The van der Waals surface area contributed by atoms with Gasteiger partial charge in [-0.15, -0.1) is 0 Å². The third-order valence-corrected chi connectivity index (χ3v) is 7.99. The first-order valence-electron chi connectivity index (χ1n) is 13.6. The molecule has 0 amide bonds. The summed E-state index contributed by atoms with van der Waals surface area (Å²) in [7, 11) is 0. The fraction of sp³-hybridized carbons (Fsp3) is 0.387. The molecule has 5 N–H and O–H groups in total. The van der Waals surface area contributed by atoms with Crippen molar-refractivity contribution in [1.29, 1.82) is 0 Å². The van der Waals surface area contributed by atoms with Gasteiger partial charge in [-0.1, -0.05) is 42.0 Å². The molecule has 1 unspecified atom stereocenters. The van der Waals surface area contributed by atoms with Crippen molar-refractivity contribution in [3.8, 4) is 0 Å². The number of aromatic nitrogens is 1. The molecule has 1 aromatic heterocycles. The molecular weight excluding hydrogens is 492 g/mol. The SMILES string of the molecule is CC1(N)C=CC(CN(Cc2ccc(N)cc2)C2CCN(CCNc3ccnc4cc(Cl)ccc34)CC2)=CC1. The number of nitrogens with two attached hydrogens (primary N) is 2. The molecule has 38 heavy (non-hydrogen) atoms. The van der Waals surface area contributed by atoms with E-state index in [1.54, 1.807) is 0 Å². The van der Waals surface area contributed by atoms with Crippen LogP contribution in [0.15, 0.2) is 78.5 Å². The zero-order valence-corrected chi connectivity index (χ0v) is 23.0. The molecule has 1 saturated heterocycles. The van der Waals surface area contributed by atoms with Crippen molar-refractivity contribution in [2.24, 2.45) is 5.73 Å². The summed E-state index contributed by atoms with van der Waals surface area (Å²) in [6, 6.07) is 16.8. The van der Waals surface area contributed by atoms with Gasteiger partial charge in [0.15, 0.2) is 0 Å². The number of hydrogen-bond acceptors (Lipinski definition) is 6. The molecule has 200 valence electrons. The van der Waals surface area contributed by atoms with E-state index in [0.717, 1.165) is 80.8 Å². The van der Waals surface area contributed by atoms with E-state index in [9.17, 15) is 0 Å². The van der Waals surface area contributed by atoms with E-state index in [0.29, 0.717) is 11.1 Å². The van der Waals surface area contributed by atoms with Crippen LogP contribution in [0.4, 0.5) is 11.4 Å². The van der Waals surface area contributed by atoms with Gasteiger partial charge in [0.05, 0.1) is 5.52 Å². The normalized spacial score (nSPS) is 20.7. The molecule has 1 aliphatic carbocycles. The van der Waals surface area contributed by atoms with E-state index in [4.69, 9.17) is 23.1 Å². The number of pyridine rings is 1. The molecule has 2 aliphatic rings. The first-order chi connectivity index (χ1) is 18.3. The van der Waals surface area contributed by atoms with E-state index in [-0.39, 0.29) is 5.54 Å². The Morgan fingerprint density at radius 1 is 1.11 bits per heavy atom. The molecule has 2 aromatic carbocycles. The maximum atomic E-state index is 6.30. The van der Waals surface area contributed by atoms with Gasteiger partial charge in [0, 0.05) is 65.7 Å². The van der Waals surface area contributed by atoms with Crippen LogP contribution in [-0.4, -0.2) is 59.1 Å². The van der Waals surface area contributed by atoms with E-state index < -0.39 is 0 Å². The van der Waals surface area contributed by atoms with Gasteiger partial charge in [-0.3, -0.25) is 9.88 Å². The van der Waals surface area contributed by atoms with Crippen LogP contribution in [-0.2, 0) is 6.54 Å². The molecule has 1 atom stereocenters. The molecule has 0 spiro atoms. The fourth-order valence-corrected chi connectivity index (χ4v) is 5.61. The fourth-order valence-electron chi connectivity index (χ4n) is 5.44. The van der Waals surface area contributed by atoms with Crippen molar-refractivity contribution in [2.45, 2.75) is 44.3 Å². The summed E-state index contributed by atoms with van der Waals surface area (Å²) in [5.41, 5.74) is 17.5. The first kappa shape index (κ1) is 26.7. The monoisotopic (exact) mass is 530 g/mol. The molecular formula is C31H39ClN6. The molecule has 5 rings (SSSR count). The lowest BCUT2D eigenvalue weighted by atomic mass is 9.91. The Morgan fingerprint density at radius 2 is 1.89 bits per heavy atom. The van der Waals surface area contributed by atoms with Gasteiger partial charge in [-0.2, -0.15) is 0 Å². The summed E-state index contributed by atoms with van der Waals surface area (Å²) in [6.07, 6.45) is 11.7. The number of nitrogens with zero attached hydrogens (tertiary/aromatic N) is 3. The van der Waals surface area contributed by atoms with Crippen molar-refractivity contribution in [3.63, 3.8) is 0 Å². The summed E-state index contributed by atoms with van der Waals surface area (Å²) < 4.78 is 0. The molecule has 1 aliphatic heterocycles. The van der Waals surface area contributed by atoms with Crippen molar-refractivity contribution in [1.82, 2.24) is 14.8 Å². The number of anilines is 2. The zero-order valence-electron chi connectivity index (χ0n) is 22.2. The lowest BCUT2D eigenvalue weighted by Gasteiger charge is -2.39. The quantitative estimate of drug-likeness (QED) is 0.319. The first-order valence-corrected chi connectivity index (χ1v) is 14.0. The second-order valence-corrected chi connectivity index (χ2v) is 11.4. The molecule has 0 bridgehead atoms. The highest BCUT2D eigenvalue weighted by Crippen LogP contribution is 2.26. The maximum Gasteiger partial charge on any atom is 0.0737 e. The van der Waals surface area contributed by atoms with Crippen molar-refractivity contribution < 1.29 is 0 Å². The Labute approximate surface area is 231 Å². The number of fused-ring (bicyclic) bond motifs is 1.